The third kappa shape index (κ3) is 3.48. The molecule has 0 atom stereocenters. The Balaban J connectivity index is 1.88. The molecule has 1 fully saturated rings. The zero-order chi connectivity index (χ0) is 13.9. The Morgan fingerprint density at radius 3 is 2.63 bits per heavy atom. The molecule has 1 aromatic rings. The summed E-state index contributed by atoms with van der Waals surface area (Å²) in [7, 11) is 0. The van der Waals surface area contributed by atoms with E-state index in [1.807, 2.05) is 11.4 Å². The van der Waals surface area contributed by atoms with Crippen LogP contribution in [0.25, 0.3) is 0 Å². The van der Waals surface area contributed by atoms with Crippen molar-refractivity contribution in [3.63, 3.8) is 0 Å². The largest absolute Gasteiger partial charge is 0.480 e. The average Bonchev–Trinajstić information content (AvgIpc) is 2.97. The number of nitrogens with one attached hydrogen (secondary N) is 2. The molecule has 2 rings (SSSR count). The minimum atomic E-state index is -1.08. The number of carboxylic acid groups (broad SMARTS) is 1. The number of thiophene rings is 1. The van der Waals surface area contributed by atoms with E-state index in [2.05, 4.69) is 26.6 Å². The van der Waals surface area contributed by atoms with Gasteiger partial charge in [-0.3, -0.25) is 0 Å². The summed E-state index contributed by atoms with van der Waals surface area (Å²) in [4.78, 5) is 24.1. The molecule has 19 heavy (non-hydrogen) atoms. The quantitative estimate of drug-likeness (QED) is 0.784. The van der Waals surface area contributed by atoms with Crippen LogP contribution >= 0.6 is 27.3 Å². The van der Waals surface area contributed by atoms with Crippen molar-refractivity contribution in [2.24, 2.45) is 0 Å². The summed E-state index contributed by atoms with van der Waals surface area (Å²) in [6.07, 6.45) is 2.68. The van der Waals surface area contributed by atoms with Gasteiger partial charge in [0.25, 0.3) is 0 Å². The monoisotopic (exact) mass is 346 g/mol. The van der Waals surface area contributed by atoms with Crippen molar-refractivity contribution in [2.45, 2.75) is 37.8 Å². The van der Waals surface area contributed by atoms with Gasteiger partial charge < -0.3 is 15.7 Å². The van der Waals surface area contributed by atoms with Crippen LogP contribution < -0.4 is 10.6 Å². The van der Waals surface area contributed by atoms with Crippen LogP contribution in [-0.2, 0) is 11.3 Å². The molecule has 1 aliphatic carbocycles. The van der Waals surface area contributed by atoms with Gasteiger partial charge in [-0.1, -0.05) is 12.8 Å². The van der Waals surface area contributed by atoms with E-state index in [4.69, 9.17) is 0 Å². The molecule has 0 spiro atoms. The number of aliphatic carboxylic acids is 1. The third-order valence-corrected chi connectivity index (χ3v) is 4.96. The van der Waals surface area contributed by atoms with Gasteiger partial charge in [0.1, 0.15) is 5.54 Å². The molecule has 1 aliphatic rings. The van der Waals surface area contributed by atoms with Crippen LogP contribution in [0.2, 0.25) is 0 Å². The molecular weight excluding hydrogens is 332 g/mol. The summed E-state index contributed by atoms with van der Waals surface area (Å²) in [5.41, 5.74) is -1.08. The lowest BCUT2D eigenvalue weighted by Gasteiger charge is -2.25. The normalized spacial score (nSPS) is 17.1. The van der Waals surface area contributed by atoms with Gasteiger partial charge in [-0.15, -0.1) is 11.3 Å². The summed E-state index contributed by atoms with van der Waals surface area (Å²) in [6, 6.07) is 1.50. The lowest BCUT2D eigenvalue weighted by molar-refractivity contribution is -0.144. The first-order valence-corrected chi connectivity index (χ1v) is 7.71. The summed E-state index contributed by atoms with van der Waals surface area (Å²) < 4.78 is 0.979. The maximum absolute atomic E-state index is 11.8. The maximum atomic E-state index is 11.8. The van der Waals surface area contributed by atoms with Crippen molar-refractivity contribution in [3.8, 4) is 0 Å². The van der Waals surface area contributed by atoms with Crippen LogP contribution in [0.1, 0.15) is 30.6 Å². The van der Waals surface area contributed by atoms with Gasteiger partial charge in [-0.2, -0.15) is 0 Å². The third-order valence-electron chi connectivity index (χ3n) is 3.26. The van der Waals surface area contributed by atoms with Crippen molar-refractivity contribution in [2.75, 3.05) is 0 Å². The van der Waals surface area contributed by atoms with Gasteiger partial charge in [0.15, 0.2) is 0 Å². The molecule has 104 valence electrons. The fourth-order valence-electron chi connectivity index (χ4n) is 2.25. The molecule has 1 heterocycles. The molecule has 0 bridgehead atoms. The fraction of sp³-hybridized carbons (Fsp3) is 0.500. The highest BCUT2D eigenvalue weighted by molar-refractivity contribution is 9.10. The highest BCUT2D eigenvalue weighted by Gasteiger charge is 2.42. The van der Waals surface area contributed by atoms with Crippen LogP contribution in [0.3, 0.4) is 0 Å². The van der Waals surface area contributed by atoms with Gasteiger partial charge >= 0.3 is 12.0 Å². The Labute approximate surface area is 123 Å². The number of carbonyl (C=O) groups excluding carboxylic acids is 1. The number of amides is 2. The van der Waals surface area contributed by atoms with E-state index in [-0.39, 0.29) is 0 Å². The minimum Gasteiger partial charge on any atom is -0.480 e. The maximum Gasteiger partial charge on any atom is 0.329 e. The summed E-state index contributed by atoms with van der Waals surface area (Å²) in [5.74, 6) is -0.945. The molecule has 7 heteroatoms. The minimum absolute atomic E-state index is 0.401. The molecule has 0 radical (unpaired) electrons. The Kier molecular flexibility index (Phi) is 4.46. The lowest BCUT2D eigenvalue weighted by Crippen LogP contribution is -2.55. The highest BCUT2D eigenvalue weighted by atomic mass is 79.9. The lowest BCUT2D eigenvalue weighted by atomic mass is 9.98. The molecular formula is C12H15BrN2O3S. The number of carbonyl (C=O) groups is 2. The van der Waals surface area contributed by atoms with E-state index in [0.717, 1.165) is 22.2 Å². The molecule has 1 aromatic heterocycles. The highest BCUT2D eigenvalue weighted by Crippen LogP contribution is 2.29. The number of halogens is 1. The molecule has 5 nitrogen and oxygen atoms in total. The SMILES string of the molecule is O=C(NCc1cc(Br)cs1)NC1(C(=O)O)CCCC1. The second-order valence-electron chi connectivity index (χ2n) is 4.63. The Morgan fingerprint density at radius 1 is 1.42 bits per heavy atom. The van der Waals surface area contributed by atoms with Gasteiger partial charge in [-0.25, -0.2) is 9.59 Å². The molecule has 3 N–H and O–H groups in total. The standard InChI is InChI=1S/C12H15BrN2O3S/c13-8-5-9(19-7-8)6-14-11(18)15-12(10(16)17)3-1-2-4-12/h5,7H,1-4,6H2,(H,16,17)(H2,14,15,18). The first-order chi connectivity index (χ1) is 9.02. The zero-order valence-corrected chi connectivity index (χ0v) is 12.6. The van der Waals surface area contributed by atoms with Crippen LogP contribution in [0.5, 0.6) is 0 Å². The van der Waals surface area contributed by atoms with Gasteiger partial charge in [0.2, 0.25) is 0 Å². The van der Waals surface area contributed by atoms with Crippen LogP contribution in [0, 0.1) is 0 Å². The van der Waals surface area contributed by atoms with Crippen LogP contribution in [0.4, 0.5) is 4.79 Å². The predicted molar refractivity (Wildman–Crippen MR) is 76.2 cm³/mol. The van der Waals surface area contributed by atoms with E-state index in [0.29, 0.717) is 19.4 Å². The number of carboxylic acids is 1. The van der Waals surface area contributed by atoms with Gasteiger partial charge in [0.05, 0.1) is 6.54 Å². The molecule has 0 aliphatic heterocycles. The van der Waals surface area contributed by atoms with E-state index in [1.54, 1.807) is 0 Å². The average molecular weight is 347 g/mol. The number of rotatable bonds is 4. The van der Waals surface area contributed by atoms with E-state index < -0.39 is 17.5 Å². The molecule has 0 saturated heterocycles. The van der Waals surface area contributed by atoms with Gasteiger partial charge in [0, 0.05) is 14.7 Å². The Hall–Kier alpha value is -1.08. The molecule has 0 unspecified atom stereocenters. The second kappa shape index (κ2) is 5.92. The van der Waals surface area contributed by atoms with Crippen LogP contribution in [-0.4, -0.2) is 22.6 Å². The molecule has 2 amide bonds. The Bertz CT molecular complexity index is 483. The smallest absolute Gasteiger partial charge is 0.329 e. The summed E-state index contributed by atoms with van der Waals surface area (Å²) >= 11 is 4.88. The van der Waals surface area contributed by atoms with E-state index in [9.17, 15) is 14.7 Å². The van der Waals surface area contributed by atoms with Gasteiger partial charge in [-0.05, 0) is 34.8 Å². The van der Waals surface area contributed by atoms with Crippen molar-refractivity contribution < 1.29 is 14.7 Å². The number of hydrogen-bond donors (Lipinski definition) is 3. The van der Waals surface area contributed by atoms with Crippen molar-refractivity contribution in [1.82, 2.24) is 10.6 Å². The zero-order valence-electron chi connectivity index (χ0n) is 10.2. The number of hydrogen-bond acceptors (Lipinski definition) is 3. The van der Waals surface area contributed by atoms with E-state index >= 15 is 0 Å². The van der Waals surface area contributed by atoms with Crippen LogP contribution in [0.15, 0.2) is 15.9 Å². The molecule has 0 aromatic carbocycles. The van der Waals surface area contributed by atoms with Crippen molar-refractivity contribution in [3.05, 3.63) is 20.8 Å². The number of urea groups is 1. The van der Waals surface area contributed by atoms with E-state index in [1.165, 1.54) is 11.3 Å². The first kappa shape index (κ1) is 14.3. The van der Waals surface area contributed by atoms with Crippen molar-refractivity contribution >= 4 is 39.3 Å². The second-order valence-corrected chi connectivity index (χ2v) is 6.54. The molecule has 1 saturated carbocycles. The Morgan fingerprint density at radius 2 is 2.11 bits per heavy atom. The summed E-state index contributed by atoms with van der Waals surface area (Å²) in [5, 5.41) is 16.5. The topological polar surface area (TPSA) is 78.4 Å². The fourth-order valence-corrected chi connectivity index (χ4v) is 3.64. The predicted octanol–water partition coefficient (Wildman–Crippen LogP) is 2.71. The first-order valence-electron chi connectivity index (χ1n) is 6.04. The summed E-state index contributed by atoms with van der Waals surface area (Å²) in [6.45, 7) is 0.401. The van der Waals surface area contributed by atoms with Crippen molar-refractivity contribution in [1.29, 1.82) is 0 Å².